The average Bonchev–Trinajstić information content (AvgIpc) is 2.74. The second kappa shape index (κ2) is 9.47. The first-order chi connectivity index (χ1) is 14.0. The predicted octanol–water partition coefficient (Wildman–Crippen LogP) is 3.02. The normalized spacial score (nSPS) is 14.5. The van der Waals surface area contributed by atoms with E-state index in [4.69, 9.17) is 9.47 Å². The van der Waals surface area contributed by atoms with E-state index in [1.807, 2.05) is 30.3 Å². The van der Waals surface area contributed by atoms with Crippen molar-refractivity contribution in [3.05, 3.63) is 52.1 Å². The van der Waals surface area contributed by atoms with Crippen molar-refractivity contribution in [2.24, 2.45) is 0 Å². The number of nitrogens with zero attached hydrogens (tertiary/aromatic N) is 3. The van der Waals surface area contributed by atoms with Gasteiger partial charge in [-0.3, -0.25) is 10.1 Å². The fraction of sp³-hybridized carbons (Fsp3) is 0.429. The van der Waals surface area contributed by atoms with Crippen molar-refractivity contribution in [3.63, 3.8) is 0 Å². The Labute approximate surface area is 171 Å². The first-order valence-corrected chi connectivity index (χ1v) is 9.68. The lowest BCUT2D eigenvalue weighted by Crippen LogP contribution is -2.44. The van der Waals surface area contributed by atoms with Gasteiger partial charge in [0, 0.05) is 44.5 Å². The molecule has 1 saturated heterocycles. The number of likely N-dealkylation sites (N-methyl/N-ethyl adjacent to an activating group) is 1. The minimum atomic E-state index is -0.341. The Balaban J connectivity index is 1.70. The fourth-order valence-electron chi connectivity index (χ4n) is 3.46. The third-order valence-electron chi connectivity index (χ3n) is 5.22. The molecule has 0 radical (unpaired) electrons. The molecular formula is C21H28N4O4. The third-order valence-corrected chi connectivity index (χ3v) is 5.22. The minimum Gasteiger partial charge on any atom is -0.493 e. The molecule has 1 N–H and O–H groups in total. The molecule has 1 aliphatic heterocycles. The summed E-state index contributed by atoms with van der Waals surface area (Å²) in [5.74, 6) is 1.35. The van der Waals surface area contributed by atoms with Crippen molar-refractivity contribution in [3.8, 4) is 11.5 Å². The third kappa shape index (κ3) is 5.08. The van der Waals surface area contributed by atoms with Crippen molar-refractivity contribution < 1.29 is 14.4 Å². The molecule has 0 bridgehead atoms. The number of hydrogen-bond donors (Lipinski definition) is 1. The number of nitro benzene ring substituents is 1. The van der Waals surface area contributed by atoms with Crippen LogP contribution < -0.4 is 19.7 Å². The zero-order valence-corrected chi connectivity index (χ0v) is 17.2. The standard InChI is InChI=1S/C21H28N4O4/c1-23-10-12-24(13-11-23)17-5-6-19(25(26)27)18(15-17)22-9-8-16-4-7-20(28-2)21(14-16)29-3/h4-7,14-15,22H,8-13H2,1-3H3. The van der Waals surface area contributed by atoms with E-state index < -0.39 is 0 Å². The molecule has 29 heavy (non-hydrogen) atoms. The number of ether oxygens (including phenoxy) is 2. The van der Waals surface area contributed by atoms with E-state index in [-0.39, 0.29) is 10.6 Å². The summed E-state index contributed by atoms with van der Waals surface area (Å²) in [6.07, 6.45) is 0.705. The molecule has 2 aromatic rings. The van der Waals surface area contributed by atoms with Gasteiger partial charge in [-0.2, -0.15) is 0 Å². The van der Waals surface area contributed by atoms with Crippen LogP contribution >= 0.6 is 0 Å². The molecule has 3 rings (SSSR count). The summed E-state index contributed by atoms with van der Waals surface area (Å²) in [4.78, 5) is 15.7. The van der Waals surface area contributed by atoms with Crippen LogP contribution in [0.3, 0.4) is 0 Å². The lowest BCUT2D eigenvalue weighted by molar-refractivity contribution is -0.383. The topological polar surface area (TPSA) is 80.1 Å². The summed E-state index contributed by atoms with van der Waals surface area (Å²) < 4.78 is 10.6. The lowest BCUT2D eigenvalue weighted by atomic mass is 10.1. The first-order valence-electron chi connectivity index (χ1n) is 9.68. The van der Waals surface area contributed by atoms with Gasteiger partial charge in [0.05, 0.1) is 19.1 Å². The van der Waals surface area contributed by atoms with Crippen LogP contribution in [0.1, 0.15) is 5.56 Å². The number of hydrogen-bond acceptors (Lipinski definition) is 7. The Morgan fingerprint density at radius 1 is 1.03 bits per heavy atom. The summed E-state index contributed by atoms with van der Waals surface area (Å²) in [7, 11) is 5.31. The Kier molecular flexibility index (Phi) is 6.77. The molecule has 1 heterocycles. The first kappa shape index (κ1) is 20.7. The van der Waals surface area contributed by atoms with Gasteiger partial charge in [-0.15, -0.1) is 0 Å². The van der Waals surface area contributed by atoms with Gasteiger partial charge < -0.3 is 24.6 Å². The molecule has 0 unspecified atom stereocenters. The molecule has 2 aromatic carbocycles. The largest absolute Gasteiger partial charge is 0.493 e. The second-order valence-corrected chi connectivity index (χ2v) is 7.11. The molecule has 0 saturated carbocycles. The Hall–Kier alpha value is -3.00. The maximum absolute atomic E-state index is 11.5. The SMILES string of the molecule is COc1ccc(CCNc2cc(N3CCN(C)CC3)ccc2[N+](=O)[O-])cc1OC. The highest BCUT2D eigenvalue weighted by atomic mass is 16.6. The highest BCUT2D eigenvalue weighted by Crippen LogP contribution is 2.31. The molecule has 0 aromatic heterocycles. The highest BCUT2D eigenvalue weighted by Gasteiger charge is 2.19. The van der Waals surface area contributed by atoms with Gasteiger partial charge in [-0.05, 0) is 43.3 Å². The van der Waals surface area contributed by atoms with Gasteiger partial charge in [-0.1, -0.05) is 6.07 Å². The number of anilines is 2. The number of rotatable bonds is 8. The van der Waals surface area contributed by atoms with Crippen LogP contribution in [0, 0.1) is 10.1 Å². The monoisotopic (exact) mass is 400 g/mol. The van der Waals surface area contributed by atoms with E-state index in [2.05, 4.69) is 22.2 Å². The Morgan fingerprint density at radius 3 is 2.41 bits per heavy atom. The van der Waals surface area contributed by atoms with E-state index >= 15 is 0 Å². The molecule has 8 heteroatoms. The summed E-state index contributed by atoms with van der Waals surface area (Å²) in [5.41, 5.74) is 2.72. The number of piperazine rings is 1. The number of nitrogens with one attached hydrogen (secondary N) is 1. The van der Waals surface area contributed by atoms with Gasteiger partial charge in [0.2, 0.25) is 0 Å². The van der Waals surface area contributed by atoms with Crippen molar-refractivity contribution in [1.82, 2.24) is 4.90 Å². The smallest absolute Gasteiger partial charge is 0.292 e. The van der Waals surface area contributed by atoms with Crippen molar-refractivity contribution in [2.45, 2.75) is 6.42 Å². The zero-order valence-electron chi connectivity index (χ0n) is 17.2. The molecule has 156 valence electrons. The van der Waals surface area contributed by atoms with Crippen LogP contribution in [-0.2, 0) is 6.42 Å². The van der Waals surface area contributed by atoms with Gasteiger partial charge in [0.1, 0.15) is 5.69 Å². The van der Waals surface area contributed by atoms with E-state index in [9.17, 15) is 10.1 Å². The van der Waals surface area contributed by atoms with Crippen LogP contribution in [0.5, 0.6) is 11.5 Å². The van der Waals surface area contributed by atoms with Crippen LogP contribution in [0.25, 0.3) is 0 Å². The van der Waals surface area contributed by atoms with Crippen molar-refractivity contribution >= 4 is 17.1 Å². The molecular weight excluding hydrogens is 372 g/mol. The van der Waals surface area contributed by atoms with Gasteiger partial charge in [-0.25, -0.2) is 0 Å². The summed E-state index contributed by atoms with van der Waals surface area (Å²) in [5, 5.41) is 14.7. The van der Waals surface area contributed by atoms with E-state index in [0.717, 1.165) is 37.4 Å². The molecule has 0 aliphatic carbocycles. The van der Waals surface area contributed by atoms with Crippen LogP contribution in [-0.4, -0.2) is 63.8 Å². The Morgan fingerprint density at radius 2 is 1.76 bits per heavy atom. The lowest BCUT2D eigenvalue weighted by Gasteiger charge is -2.34. The summed E-state index contributed by atoms with van der Waals surface area (Å²) in [6, 6.07) is 11.1. The molecule has 0 amide bonds. The van der Waals surface area contributed by atoms with E-state index in [0.29, 0.717) is 30.2 Å². The molecule has 1 aliphatic rings. The summed E-state index contributed by atoms with van der Waals surface area (Å²) in [6.45, 7) is 4.37. The van der Waals surface area contributed by atoms with E-state index in [1.54, 1.807) is 20.3 Å². The van der Waals surface area contributed by atoms with Gasteiger partial charge >= 0.3 is 0 Å². The van der Waals surface area contributed by atoms with Gasteiger partial charge in [0.25, 0.3) is 5.69 Å². The highest BCUT2D eigenvalue weighted by molar-refractivity contribution is 5.69. The predicted molar refractivity (Wildman–Crippen MR) is 115 cm³/mol. The molecule has 1 fully saturated rings. The molecule has 8 nitrogen and oxygen atoms in total. The zero-order chi connectivity index (χ0) is 20.8. The maximum Gasteiger partial charge on any atom is 0.292 e. The quantitative estimate of drug-likeness (QED) is 0.539. The van der Waals surface area contributed by atoms with Crippen LogP contribution in [0.15, 0.2) is 36.4 Å². The van der Waals surface area contributed by atoms with Crippen molar-refractivity contribution in [2.75, 3.05) is 64.2 Å². The molecule has 0 atom stereocenters. The van der Waals surface area contributed by atoms with Gasteiger partial charge in [0.15, 0.2) is 11.5 Å². The average molecular weight is 400 g/mol. The minimum absolute atomic E-state index is 0.0928. The fourth-order valence-corrected chi connectivity index (χ4v) is 3.46. The van der Waals surface area contributed by atoms with Crippen molar-refractivity contribution in [1.29, 1.82) is 0 Å². The Bertz CT molecular complexity index is 851. The number of nitro groups is 1. The van der Waals surface area contributed by atoms with Crippen LogP contribution in [0.2, 0.25) is 0 Å². The molecule has 0 spiro atoms. The van der Waals surface area contributed by atoms with E-state index in [1.165, 1.54) is 0 Å². The van der Waals surface area contributed by atoms with Crippen LogP contribution in [0.4, 0.5) is 17.1 Å². The summed E-state index contributed by atoms with van der Waals surface area (Å²) >= 11 is 0. The maximum atomic E-state index is 11.5. The number of methoxy groups -OCH3 is 2. The number of benzene rings is 2. The second-order valence-electron chi connectivity index (χ2n) is 7.11.